The zero-order valence-corrected chi connectivity index (χ0v) is 10.8. The van der Waals surface area contributed by atoms with Crippen molar-refractivity contribution in [1.29, 1.82) is 0 Å². The van der Waals surface area contributed by atoms with Crippen molar-refractivity contribution in [3.63, 3.8) is 0 Å². The summed E-state index contributed by atoms with van der Waals surface area (Å²) in [5.74, 6) is 0.870. The van der Waals surface area contributed by atoms with Gasteiger partial charge in [-0.05, 0) is 31.3 Å². The van der Waals surface area contributed by atoms with Gasteiger partial charge < -0.3 is 15.4 Å². The zero-order chi connectivity index (χ0) is 12.5. The lowest BCUT2D eigenvalue weighted by atomic mass is 10.3. The molecule has 3 nitrogen and oxygen atoms in total. The Bertz CT molecular complexity index is 365. The monoisotopic (exact) mass is 250 g/mol. The first-order valence-electron chi connectivity index (χ1n) is 5.52. The summed E-state index contributed by atoms with van der Waals surface area (Å²) in [4.78, 5) is 0. The molecular weight excluding hydrogens is 232 g/mol. The average Bonchev–Trinajstić information content (AvgIpc) is 2.33. The number of para-hydroxylation sites is 1. The molecule has 4 heteroatoms. The van der Waals surface area contributed by atoms with E-state index in [0.29, 0.717) is 24.8 Å². The van der Waals surface area contributed by atoms with E-state index in [9.17, 15) is 0 Å². The van der Waals surface area contributed by atoms with E-state index in [1.54, 1.807) is 0 Å². The van der Waals surface area contributed by atoms with Crippen molar-refractivity contribution in [3.05, 3.63) is 42.5 Å². The molecule has 92 valence electrons. The Morgan fingerprint density at radius 3 is 2.65 bits per heavy atom. The van der Waals surface area contributed by atoms with Crippen LogP contribution >= 0.6 is 12.2 Å². The molecule has 0 unspecified atom stereocenters. The number of benzene rings is 1. The molecular formula is C13H18N2OS. The molecule has 0 aromatic heterocycles. The number of thiocarbonyl (C=S) groups is 1. The van der Waals surface area contributed by atoms with Gasteiger partial charge in [-0.25, -0.2) is 0 Å². The third-order valence-corrected chi connectivity index (χ3v) is 2.24. The van der Waals surface area contributed by atoms with Crippen LogP contribution in [0.4, 0.5) is 0 Å². The van der Waals surface area contributed by atoms with E-state index in [4.69, 9.17) is 17.0 Å². The fourth-order valence-electron chi connectivity index (χ4n) is 1.14. The number of ether oxygens (including phenoxy) is 1. The first kappa shape index (κ1) is 13.5. The molecule has 2 N–H and O–H groups in total. The van der Waals surface area contributed by atoms with E-state index >= 15 is 0 Å². The Kier molecular flexibility index (Phi) is 6.10. The summed E-state index contributed by atoms with van der Waals surface area (Å²) in [5, 5.41) is 6.74. The van der Waals surface area contributed by atoms with Gasteiger partial charge in [-0.3, -0.25) is 0 Å². The van der Waals surface area contributed by atoms with Gasteiger partial charge in [-0.2, -0.15) is 0 Å². The molecule has 0 amide bonds. The maximum Gasteiger partial charge on any atom is 0.166 e. The van der Waals surface area contributed by atoms with E-state index in [1.807, 2.05) is 37.3 Å². The Balaban J connectivity index is 2.08. The maximum absolute atomic E-state index is 5.51. The summed E-state index contributed by atoms with van der Waals surface area (Å²) in [6, 6.07) is 9.71. The predicted molar refractivity (Wildman–Crippen MR) is 75.4 cm³/mol. The van der Waals surface area contributed by atoms with Crippen LogP contribution in [0.1, 0.15) is 6.92 Å². The topological polar surface area (TPSA) is 33.3 Å². The zero-order valence-electron chi connectivity index (χ0n) is 10.0. The third kappa shape index (κ3) is 6.58. The maximum atomic E-state index is 5.51. The van der Waals surface area contributed by atoms with Crippen molar-refractivity contribution < 1.29 is 4.74 Å². The van der Waals surface area contributed by atoms with Gasteiger partial charge in [0.1, 0.15) is 12.4 Å². The van der Waals surface area contributed by atoms with Crippen molar-refractivity contribution in [3.8, 4) is 5.75 Å². The lowest BCUT2D eigenvalue weighted by Crippen LogP contribution is -2.38. The molecule has 1 rings (SSSR count). The van der Waals surface area contributed by atoms with Crippen LogP contribution in [0.3, 0.4) is 0 Å². The normalized spacial score (nSPS) is 9.47. The Labute approximate surface area is 108 Å². The second-order valence-corrected chi connectivity index (χ2v) is 4.14. The fraction of sp³-hybridized carbons (Fsp3) is 0.308. The number of rotatable bonds is 6. The van der Waals surface area contributed by atoms with Crippen LogP contribution in [-0.2, 0) is 0 Å². The quantitative estimate of drug-likeness (QED) is 0.460. The molecule has 0 fully saturated rings. The minimum Gasteiger partial charge on any atom is -0.492 e. The molecule has 0 aliphatic heterocycles. The van der Waals surface area contributed by atoms with Crippen LogP contribution in [0.2, 0.25) is 0 Å². The van der Waals surface area contributed by atoms with E-state index in [0.717, 1.165) is 11.3 Å². The smallest absolute Gasteiger partial charge is 0.166 e. The summed E-state index contributed by atoms with van der Waals surface area (Å²) in [5.41, 5.74) is 1.05. The highest BCUT2D eigenvalue weighted by atomic mass is 32.1. The minimum atomic E-state index is 0.582. The van der Waals surface area contributed by atoms with Gasteiger partial charge in [-0.1, -0.05) is 30.4 Å². The summed E-state index contributed by atoms with van der Waals surface area (Å²) in [7, 11) is 0. The van der Waals surface area contributed by atoms with Gasteiger partial charge in [0.25, 0.3) is 0 Å². The lowest BCUT2D eigenvalue weighted by Gasteiger charge is -2.11. The van der Waals surface area contributed by atoms with E-state index in [-0.39, 0.29) is 0 Å². The number of hydrogen-bond donors (Lipinski definition) is 2. The molecule has 0 atom stereocenters. The van der Waals surface area contributed by atoms with Gasteiger partial charge in [0.15, 0.2) is 5.11 Å². The summed E-state index contributed by atoms with van der Waals surface area (Å²) in [6.07, 6.45) is 0. The Morgan fingerprint density at radius 2 is 2.00 bits per heavy atom. The molecule has 1 aromatic rings. The number of nitrogens with one attached hydrogen (secondary N) is 2. The fourth-order valence-corrected chi connectivity index (χ4v) is 1.32. The third-order valence-electron chi connectivity index (χ3n) is 1.95. The van der Waals surface area contributed by atoms with Crippen LogP contribution in [-0.4, -0.2) is 24.8 Å². The van der Waals surface area contributed by atoms with Crippen LogP contribution < -0.4 is 15.4 Å². The molecule has 0 radical (unpaired) electrons. The minimum absolute atomic E-state index is 0.582. The molecule has 0 bridgehead atoms. The number of hydrogen-bond acceptors (Lipinski definition) is 2. The molecule has 0 heterocycles. The highest BCUT2D eigenvalue weighted by Crippen LogP contribution is 2.07. The second kappa shape index (κ2) is 7.68. The molecule has 17 heavy (non-hydrogen) atoms. The van der Waals surface area contributed by atoms with Crippen LogP contribution in [0, 0.1) is 0 Å². The lowest BCUT2D eigenvalue weighted by molar-refractivity contribution is 0.322. The highest BCUT2D eigenvalue weighted by molar-refractivity contribution is 7.80. The molecule has 1 aromatic carbocycles. The van der Waals surface area contributed by atoms with Crippen LogP contribution in [0.15, 0.2) is 42.5 Å². The molecule has 0 aliphatic carbocycles. The summed E-state index contributed by atoms with van der Waals surface area (Å²) < 4.78 is 5.51. The largest absolute Gasteiger partial charge is 0.492 e. The van der Waals surface area contributed by atoms with Crippen molar-refractivity contribution in [2.24, 2.45) is 0 Å². The van der Waals surface area contributed by atoms with E-state index in [2.05, 4.69) is 17.2 Å². The van der Waals surface area contributed by atoms with Gasteiger partial charge in [0.2, 0.25) is 0 Å². The second-order valence-electron chi connectivity index (χ2n) is 3.73. The van der Waals surface area contributed by atoms with Crippen molar-refractivity contribution in [2.75, 3.05) is 19.7 Å². The first-order chi connectivity index (χ1) is 8.18. The average molecular weight is 250 g/mol. The van der Waals surface area contributed by atoms with Crippen molar-refractivity contribution in [1.82, 2.24) is 10.6 Å². The van der Waals surface area contributed by atoms with E-state index < -0.39 is 0 Å². The van der Waals surface area contributed by atoms with E-state index in [1.165, 1.54) is 0 Å². The van der Waals surface area contributed by atoms with Gasteiger partial charge in [0, 0.05) is 6.54 Å². The van der Waals surface area contributed by atoms with Gasteiger partial charge in [-0.15, -0.1) is 0 Å². The molecule has 0 saturated heterocycles. The highest BCUT2D eigenvalue weighted by Gasteiger charge is 1.95. The first-order valence-corrected chi connectivity index (χ1v) is 5.93. The Hall–Kier alpha value is -1.55. The predicted octanol–water partition coefficient (Wildman–Crippen LogP) is 2.11. The van der Waals surface area contributed by atoms with Crippen LogP contribution in [0.5, 0.6) is 5.75 Å². The summed E-state index contributed by atoms with van der Waals surface area (Å²) in [6.45, 7) is 7.70. The molecule has 0 saturated carbocycles. The van der Waals surface area contributed by atoms with Crippen LogP contribution in [0.25, 0.3) is 0 Å². The molecule has 0 aliphatic rings. The van der Waals surface area contributed by atoms with Gasteiger partial charge >= 0.3 is 0 Å². The van der Waals surface area contributed by atoms with Crippen molar-refractivity contribution >= 4 is 17.3 Å². The van der Waals surface area contributed by atoms with Crippen molar-refractivity contribution in [2.45, 2.75) is 6.92 Å². The SMILES string of the molecule is C=C(C)CNC(=S)NCCOc1ccccc1. The standard InChI is InChI=1S/C13H18N2OS/c1-11(2)10-15-13(17)14-8-9-16-12-6-4-3-5-7-12/h3-7H,1,8-10H2,2H3,(H2,14,15,17). The van der Waals surface area contributed by atoms with Gasteiger partial charge in [0.05, 0.1) is 6.54 Å². The Morgan fingerprint density at radius 1 is 1.29 bits per heavy atom. The summed E-state index contributed by atoms with van der Waals surface area (Å²) >= 11 is 5.08. The molecule has 0 spiro atoms.